The average Bonchev–Trinajstić information content (AvgIpc) is 2.70. The van der Waals surface area contributed by atoms with Crippen molar-refractivity contribution in [1.29, 1.82) is 0 Å². The lowest BCUT2D eigenvalue weighted by Crippen LogP contribution is -2.49. The van der Waals surface area contributed by atoms with Crippen LogP contribution in [0, 0.1) is 0 Å². The highest BCUT2D eigenvalue weighted by molar-refractivity contribution is 6.00. The third-order valence-corrected chi connectivity index (χ3v) is 5.30. The molecule has 0 bridgehead atoms. The summed E-state index contributed by atoms with van der Waals surface area (Å²) in [4.78, 5) is 33.0. The maximum absolute atomic E-state index is 12.6. The van der Waals surface area contributed by atoms with Gasteiger partial charge in [-0.05, 0) is 42.2 Å². The summed E-state index contributed by atoms with van der Waals surface area (Å²) >= 11 is 0. The molecule has 6 nitrogen and oxygen atoms in total. The van der Waals surface area contributed by atoms with E-state index >= 15 is 0 Å². The van der Waals surface area contributed by atoms with Crippen LogP contribution in [0.3, 0.4) is 0 Å². The van der Waals surface area contributed by atoms with Crippen molar-refractivity contribution in [2.24, 2.45) is 0 Å². The van der Waals surface area contributed by atoms with Gasteiger partial charge in [0.1, 0.15) is 0 Å². The summed E-state index contributed by atoms with van der Waals surface area (Å²) in [6.45, 7) is 3.91. The molecule has 4 rings (SSSR count). The van der Waals surface area contributed by atoms with Crippen molar-refractivity contribution >= 4 is 17.5 Å². The van der Waals surface area contributed by atoms with E-state index in [-0.39, 0.29) is 11.8 Å². The molecule has 1 aromatic heterocycles. The topological polar surface area (TPSA) is 65.5 Å². The number of aryl methyl sites for hydroxylation is 1. The lowest BCUT2D eigenvalue weighted by molar-refractivity contribution is 0.0972. The molecular formula is C21H24N4O2. The van der Waals surface area contributed by atoms with Crippen LogP contribution in [0.4, 0.5) is 10.5 Å². The molecule has 1 N–H and O–H groups in total. The number of hydrogen-bond donors (Lipinski definition) is 1. The molecule has 0 saturated carbocycles. The maximum atomic E-state index is 12.6. The van der Waals surface area contributed by atoms with Crippen LogP contribution in [0.25, 0.3) is 0 Å². The molecule has 0 spiro atoms. The number of amides is 2. The van der Waals surface area contributed by atoms with Gasteiger partial charge in [-0.25, -0.2) is 4.79 Å². The number of ketones is 1. The molecule has 1 saturated heterocycles. The number of urea groups is 1. The minimum absolute atomic E-state index is 0.0979. The second kappa shape index (κ2) is 7.88. The van der Waals surface area contributed by atoms with Crippen LogP contribution in [-0.4, -0.2) is 52.8 Å². The van der Waals surface area contributed by atoms with Gasteiger partial charge >= 0.3 is 6.03 Å². The molecular weight excluding hydrogens is 340 g/mol. The van der Waals surface area contributed by atoms with Crippen molar-refractivity contribution in [3.05, 3.63) is 59.4 Å². The number of anilines is 1. The van der Waals surface area contributed by atoms with Crippen molar-refractivity contribution in [1.82, 2.24) is 14.8 Å². The Kier molecular flexibility index (Phi) is 5.16. The highest BCUT2D eigenvalue weighted by atomic mass is 16.2. The molecule has 6 heteroatoms. The number of nitrogens with one attached hydrogen (secondary N) is 1. The fourth-order valence-electron chi connectivity index (χ4n) is 3.77. The van der Waals surface area contributed by atoms with E-state index in [0.717, 1.165) is 43.6 Å². The van der Waals surface area contributed by atoms with Crippen LogP contribution in [0.5, 0.6) is 0 Å². The zero-order chi connectivity index (χ0) is 18.6. The predicted molar refractivity (Wildman–Crippen MR) is 104 cm³/mol. The molecule has 0 atom stereocenters. The maximum Gasteiger partial charge on any atom is 0.321 e. The smallest absolute Gasteiger partial charge is 0.321 e. The number of pyridine rings is 1. The average molecular weight is 364 g/mol. The number of rotatable bonds is 3. The van der Waals surface area contributed by atoms with Crippen LogP contribution in [0.2, 0.25) is 0 Å². The van der Waals surface area contributed by atoms with Crippen molar-refractivity contribution in [3.63, 3.8) is 0 Å². The Hall–Kier alpha value is -2.73. The molecule has 1 aromatic carbocycles. The highest BCUT2D eigenvalue weighted by Gasteiger charge is 2.22. The molecule has 0 unspecified atom stereocenters. The van der Waals surface area contributed by atoms with E-state index in [1.54, 1.807) is 6.20 Å². The van der Waals surface area contributed by atoms with Crippen molar-refractivity contribution in [3.8, 4) is 0 Å². The Bertz CT molecular complexity index is 829. The van der Waals surface area contributed by atoms with E-state index in [0.29, 0.717) is 25.2 Å². The van der Waals surface area contributed by atoms with E-state index < -0.39 is 0 Å². The number of piperazine rings is 1. The number of carbonyl (C=O) groups is 2. The first-order valence-electron chi connectivity index (χ1n) is 9.52. The summed E-state index contributed by atoms with van der Waals surface area (Å²) in [5.74, 6) is 0.177. The van der Waals surface area contributed by atoms with Crippen molar-refractivity contribution < 1.29 is 9.59 Å². The number of Topliss-reactive ketones (excluding diaryl/α,β-unsaturated/α-hetero) is 1. The monoisotopic (exact) mass is 364 g/mol. The molecule has 2 heterocycles. The number of aromatic nitrogens is 1. The van der Waals surface area contributed by atoms with Gasteiger partial charge in [-0.2, -0.15) is 0 Å². The summed E-state index contributed by atoms with van der Waals surface area (Å²) in [5, 5.41) is 2.95. The molecule has 2 aliphatic rings. The van der Waals surface area contributed by atoms with Gasteiger partial charge in [0.2, 0.25) is 0 Å². The SMILES string of the molecule is O=C1CCCc2ccc(NC(=O)N3CCN(Cc4cccnc4)CC3)cc21. The van der Waals surface area contributed by atoms with Gasteiger partial charge in [0.25, 0.3) is 0 Å². The Balaban J connectivity index is 1.32. The van der Waals surface area contributed by atoms with E-state index in [1.807, 2.05) is 35.4 Å². The second-order valence-electron chi connectivity index (χ2n) is 7.20. The Morgan fingerprint density at radius 3 is 2.74 bits per heavy atom. The molecule has 1 aliphatic heterocycles. The van der Waals surface area contributed by atoms with Crippen LogP contribution in [0.1, 0.15) is 34.3 Å². The van der Waals surface area contributed by atoms with Crippen LogP contribution < -0.4 is 5.32 Å². The van der Waals surface area contributed by atoms with Crippen molar-refractivity contribution in [2.75, 3.05) is 31.5 Å². The Labute approximate surface area is 159 Å². The minimum Gasteiger partial charge on any atom is -0.322 e. The molecule has 2 aromatic rings. The van der Waals surface area contributed by atoms with Crippen LogP contribution >= 0.6 is 0 Å². The predicted octanol–water partition coefficient (Wildman–Crippen LogP) is 2.95. The summed E-state index contributed by atoms with van der Waals surface area (Å²) < 4.78 is 0. The third-order valence-electron chi connectivity index (χ3n) is 5.30. The van der Waals surface area contributed by atoms with Gasteiger partial charge in [-0.15, -0.1) is 0 Å². The fraction of sp³-hybridized carbons (Fsp3) is 0.381. The molecule has 1 fully saturated rings. The Morgan fingerprint density at radius 2 is 1.96 bits per heavy atom. The lowest BCUT2D eigenvalue weighted by Gasteiger charge is -2.34. The third kappa shape index (κ3) is 4.17. The van der Waals surface area contributed by atoms with Gasteiger partial charge in [0.15, 0.2) is 5.78 Å². The van der Waals surface area contributed by atoms with Crippen LogP contribution in [0.15, 0.2) is 42.7 Å². The quantitative estimate of drug-likeness (QED) is 0.909. The normalized spacial score (nSPS) is 17.5. The number of hydrogen-bond acceptors (Lipinski definition) is 4. The summed E-state index contributed by atoms with van der Waals surface area (Å²) in [5.41, 5.74) is 3.74. The van der Waals surface area contributed by atoms with Gasteiger partial charge in [-0.3, -0.25) is 14.7 Å². The van der Waals surface area contributed by atoms with Gasteiger partial charge in [0.05, 0.1) is 0 Å². The van der Waals surface area contributed by atoms with Gasteiger partial charge in [-0.1, -0.05) is 12.1 Å². The lowest BCUT2D eigenvalue weighted by atomic mass is 9.90. The van der Waals surface area contributed by atoms with E-state index in [1.165, 1.54) is 5.56 Å². The fourth-order valence-corrected chi connectivity index (χ4v) is 3.77. The van der Waals surface area contributed by atoms with E-state index in [4.69, 9.17) is 0 Å². The first kappa shape index (κ1) is 17.7. The van der Waals surface area contributed by atoms with Crippen LogP contribution in [-0.2, 0) is 13.0 Å². The number of fused-ring (bicyclic) bond motifs is 1. The summed E-state index contributed by atoms with van der Waals surface area (Å²) in [6.07, 6.45) is 6.12. The largest absolute Gasteiger partial charge is 0.322 e. The molecule has 27 heavy (non-hydrogen) atoms. The molecule has 140 valence electrons. The Morgan fingerprint density at radius 1 is 1.11 bits per heavy atom. The zero-order valence-corrected chi connectivity index (χ0v) is 15.4. The molecule has 0 radical (unpaired) electrons. The number of benzene rings is 1. The first-order chi connectivity index (χ1) is 13.2. The number of nitrogens with zero attached hydrogens (tertiary/aromatic N) is 3. The van der Waals surface area contributed by atoms with E-state index in [9.17, 15) is 9.59 Å². The zero-order valence-electron chi connectivity index (χ0n) is 15.4. The van der Waals surface area contributed by atoms with E-state index in [2.05, 4.69) is 21.3 Å². The molecule has 1 aliphatic carbocycles. The summed E-state index contributed by atoms with van der Waals surface area (Å²) in [7, 11) is 0. The van der Waals surface area contributed by atoms with Gasteiger partial charge < -0.3 is 10.2 Å². The minimum atomic E-state index is -0.0979. The van der Waals surface area contributed by atoms with Crippen molar-refractivity contribution in [2.45, 2.75) is 25.8 Å². The first-order valence-corrected chi connectivity index (χ1v) is 9.52. The van der Waals surface area contributed by atoms with Gasteiger partial charge in [0, 0.05) is 62.8 Å². The number of carbonyl (C=O) groups excluding carboxylic acids is 2. The second-order valence-corrected chi connectivity index (χ2v) is 7.20. The summed E-state index contributed by atoms with van der Waals surface area (Å²) in [6, 6.07) is 9.61. The molecule has 2 amide bonds. The highest BCUT2D eigenvalue weighted by Crippen LogP contribution is 2.24. The standard InChI is InChI=1S/C21H24N4O2/c26-20-5-1-4-17-6-7-18(13-19(17)20)23-21(27)25-11-9-24(10-12-25)15-16-3-2-8-22-14-16/h2-3,6-8,13-14H,1,4-5,9-12,15H2,(H,23,27).